The molecule has 1 aromatic carbocycles. The Hall–Kier alpha value is -1.35. The molecule has 102 valence electrons. The minimum absolute atomic E-state index is 0.154. The van der Waals surface area contributed by atoms with Crippen LogP contribution in [0.2, 0.25) is 0 Å². The Labute approximate surface area is 114 Å². The van der Waals surface area contributed by atoms with Crippen molar-refractivity contribution in [3.05, 3.63) is 29.8 Å². The van der Waals surface area contributed by atoms with Crippen molar-refractivity contribution >= 4 is 5.78 Å². The predicted octanol–water partition coefficient (Wildman–Crippen LogP) is 2.90. The molecule has 1 saturated carbocycles. The van der Waals surface area contributed by atoms with Gasteiger partial charge in [0.15, 0.2) is 0 Å². The number of Topliss-reactive ketones (excluding diaryl/α,β-unsaturated/α-hetero) is 1. The molecule has 0 amide bonds. The van der Waals surface area contributed by atoms with Gasteiger partial charge in [0.1, 0.15) is 11.5 Å². The molecule has 3 fully saturated rings. The lowest BCUT2D eigenvalue weighted by atomic mass is 9.71. The van der Waals surface area contributed by atoms with Gasteiger partial charge >= 0.3 is 0 Å². The number of rotatable bonds is 3. The molecule has 3 aliphatic rings. The average Bonchev–Trinajstić information content (AvgIpc) is 2.41. The van der Waals surface area contributed by atoms with Crippen LogP contribution in [0.15, 0.2) is 24.3 Å². The van der Waals surface area contributed by atoms with Crippen LogP contribution in [0.1, 0.15) is 44.2 Å². The number of aromatic hydroxyl groups is 1. The fourth-order valence-corrected chi connectivity index (χ4v) is 3.77. The fourth-order valence-electron chi connectivity index (χ4n) is 3.77. The summed E-state index contributed by atoms with van der Waals surface area (Å²) in [5.74, 6) is 0.876. The molecule has 3 heteroatoms. The molecule has 0 spiro atoms. The second kappa shape index (κ2) is 4.97. The lowest BCUT2D eigenvalue weighted by Crippen LogP contribution is -2.54. The zero-order valence-corrected chi connectivity index (χ0v) is 11.4. The summed E-state index contributed by atoms with van der Waals surface area (Å²) in [4.78, 5) is 14.7. The molecule has 19 heavy (non-hydrogen) atoms. The van der Waals surface area contributed by atoms with Crippen LogP contribution >= 0.6 is 0 Å². The SMILES string of the molecule is CCCN1C2CCC(C(=O)C2)C1c1ccc(O)cc1. The molecular weight excluding hydrogens is 238 g/mol. The van der Waals surface area contributed by atoms with Gasteiger partial charge in [-0.25, -0.2) is 0 Å². The number of hydrogen-bond acceptors (Lipinski definition) is 3. The summed E-state index contributed by atoms with van der Waals surface area (Å²) in [6.45, 7) is 3.25. The van der Waals surface area contributed by atoms with Crippen LogP contribution in [0.25, 0.3) is 0 Å². The van der Waals surface area contributed by atoms with Crippen LogP contribution in [0.5, 0.6) is 5.75 Å². The third-order valence-corrected chi connectivity index (χ3v) is 4.59. The van der Waals surface area contributed by atoms with Gasteiger partial charge in [-0.1, -0.05) is 19.1 Å². The number of nitrogens with zero attached hydrogens (tertiary/aromatic N) is 1. The smallest absolute Gasteiger partial charge is 0.139 e. The molecule has 2 bridgehead atoms. The third-order valence-electron chi connectivity index (χ3n) is 4.59. The van der Waals surface area contributed by atoms with Crippen LogP contribution in [-0.4, -0.2) is 28.4 Å². The van der Waals surface area contributed by atoms with Gasteiger partial charge in [0.2, 0.25) is 0 Å². The largest absolute Gasteiger partial charge is 0.508 e. The van der Waals surface area contributed by atoms with Gasteiger partial charge in [0.25, 0.3) is 0 Å². The zero-order chi connectivity index (χ0) is 13.4. The first-order chi connectivity index (χ1) is 9.20. The monoisotopic (exact) mass is 259 g/mol. The van der Waals surface area contributed by atoms with Crippen molar-refractivity contribution in [3.8, 4) is 5.75 Å². The van der Waals surface area contributed by atoms with E-state index in [4.69, 9.17) is 0 Å². The van der Waals surface area contributed by atoms with Crippen molar-refractivity contribution in [1.29, 1.82) is 0 Å². The van der Waals surface area contributed by atoms with Crippen LogP contribution in [0, 0.1) is 5.92 Å². The average molecular weight is 259 g/mol. The quantitative estimate of drug-likeness (QED) is 0.907. The van der Waals surface area contributed by atoms with E-state index in [1.54, 1.807) is 12.1 Å². The Kier molecular flexibility index (Phi) is 3.31. The van der Waals surface area contributed by atoms with Gasteiger partial charge in [-0.2, -0.15) is 0 Å². The number of carbonyl (C=O) groups is 1. The minimum Gasteiger partial charge on any atom is -0.508 e. The zero-order valence-electron chi connectivity index (χ0n) is 11.4. The molecule has 3 atom stereocenters. The molecule has 0 aromatic heterocycles. The number of hydrogen-bond donors (Lipinski definition) is 1. The predicted molar refractivity (Wildman–Crippen MR) is 74.0 cm³/mol. The van der Waals surface area contributed by atoms with Crippen molar-refractivity contribution in [3.63, 3.8) is 0 Å². The lowest BCUT2D eigenvalue weighted by Gasteiger charge is -2.50. The Morgan fingerprint density at radius 3 is 2.63 bits per heavy atom. The summed E-state index contributed by atoms with van der Waals surface area (Å²) in [5.41, 5.74) is 1.18. The van der Waals surface area contributed by atoms with E-state index in [9.17, 15) is 9.90 Å². The van der Waals surface area contributed by atoms with Crippen molar-refractivity contribution in [2.45, 2.75) is 44.7 Å². The second-order valence-corrected chi connectivity index (χ2v) is 5.78. The third kappa shape index (κ3) is 2.16. The summed E-state index contributed by atoms with van der Waals surface area (Å²) >= 11 is 0. The minimum atomic E-state index is 0.154. The molecule has 2 aliphatic heterocycles. The second-order valence-electron chi connectivity index (χ2n) is 5.78. The molecule has 0 radical (unpaired) electrons. The van der Waals surface area contributed by atoms with Gasteiger partial charge in [0.05, 0.1) is 0 Å². The number of phenolic OH excluding ortho intramolecular Hbond substituents is 1. The number of fused-ring (bicyclic) bond motifs is 3. The summed E-state index contributed by atoms with van der Waals surface area (Å²) in [6.07, 6.45) is 4.03. The fraction of sp³-hybridized carbons (Fsp3) is 0.562. The molecule has 3 unspecified atom stereocenters. The molecular formula is C16H21NO2. The first-order valence-corrected chi connectivity index (χ1v) is 7.28. The summed E-state index contributed by atoms with van der Waals surface area (Å²) in [7, 11) is 0. The van der Waals surface area contributed by atoms with E-state index in [2.05, 4.69) is 11.8 Å². The number of carbonyl (C=O) groups excluding carboxylic acids is 1. The Balaban J connectivity index is 1.95. The van der Waals surface area contributed by atoms with E-state index in [0.717, 1.165) is 32.2 Å². The summed E-state index contributed by atoms with van der Waals surface area (Å²) in [6, 6.07) is 8.04. The van der Waals surface area contributed by atoms with E-state index in [-0.39, 0.29) is 17.7 Å². The highest BCUT2D eigenvalue weighted by molar-refractivity contribution is 5.84. The van der Waals surface area contributed by atoms with Gasteiger partial charge in [-0.3, -0.25) is 9.69 Å². The molecule has 2 saturated heterocycles. The first kappa shape index (κ1) is 12.7. The van der Waals surface area contributed by atoms with E-state index < -0.39 is 0 Å². The molecule has 1 N–H and O–H groups in total. The van der Waals surface area contributed by atoms with Crippen LogP contribution < -0.4 is 0 Å². The molecule has 2 heterocycles. The molecule has 1 aliphatic carbocycles. The maximum absolute atomic E-state index is 12.2. The summed E-state index contributed by atoms with van der Waals surface area (Å²) in [5, 5.41) is 9.43. The van der Waals surface area contributed by atoms with Crippen molar-refractivity contribution in [2.24, 2.45) is 5.92 Å². The number of benzene rings is 1. The van der Waals surface area contributed by atoms with Gasteiger partial charge in [-0.05, 0) is 43.5 Å². The Bertz CT molecular complexity index is 468. The highest BCUT2D eigenvalue weighted by atomic mass is 16.3. The van der Waals surface area contributed by atoms with E-state index in [1.165, 1.54) is 5.56 Å². The number of ketones is 1. The Morgan fingerprint density at radius 1 is 1.26 bits per heavy atom. The topological polar surface area (TPSA) is 40.5 Å². The van der Waals surface area contributed by atoms with Gasteiger partial charge in [0, 0.05) is 24.4 Å². The van der Waals surface area contributed by atoms with Crippen LogP contribution in [0.3, 0.4) is 0 Å². The maximum atomic E-state index is 12.2. The molecule has 3 nitrogen and oxygen atoms in total. The van der Waals surface area contributed by atoms with Crippen LogP contribution in [0.4, 0.5) is 0 Å². The van der Waals surface area contributed by atoms with Gasteiger partial charge < -0.3 is 5.11 Å². The number of piperidine rings is 2. The van der Waals surface area contributed by atoms with Crippen LogP contribution in [-0.2, 0) is 4.79 Å². The standard InChI is InChI=1S/C16H21NO2/c1-2-9-17-12-5-8-14(15(19)10-12)16(17)11-3-6-13(18)7-4-11/h3-4,6-7,12,14,16,18H,2,5,8-10H2,1H3. The van der Waals surface area contributed by atoms with Crippen molar-refractivity contribution in [1.82, 2.24) is 4.90 Å². The van der Waals surface area contributed by atoms with Crippen molar-refractivity contribution < 1.29 is 9.90 Å². The first-order valence-electron chi connectivity index (χ1n) is 7.28. The van der Waals surface area contributed by atoms with E-state index in [1.807, 2.05) is 12.1 Å². The lowest BCUT2D eigenvalue weighted by molar-refractivity contribution is -0.138. The number of phenols is 1. The van der Waals surface area contributed by atoms with E-state index in [0.29, 0.717) is 11.8 Å². The maximum Gasteiger partial charge on any atom is 0.139 e. The normalized spacial score (nSPS) is 30.8. The van der Waals surface area contributed by atoms with E-state index >= 15 is 0 Å². The van der Waals surface area contributed by atoms with Gasteiger partial charge in [-0.15, -0.1) is 0 Å². The highest BCUT2D eigenvalue weighted by Crippen LogP contribution is 2.45. The highest BCUT2D eigenvalue weighted by Gasteiger charge is 2.46. The summed E-state index contributed by atoms with van der Waals surface area (Å²) < 4.78 is 0. The molecule has 4 rings (SSSR count). The molecule has 1 aromatic rings. The van der Waals surface area contributed by atoms with Crippen molar-refractivity contribution in [2.75, 3.05) is 6.54 Å². The Morgan fingerprint density at radius 2 is 2.00 bits per heavy atom.